The van der Waals surface area contributed by atoms with Crippen molar-refractivity contribution >= 4 is 21.4 Å². The summed E-state index contributed by atoms with van der Waals surface area (Å²) in [6.07, 6.45) is 6.59. The van der Waals surface area contributed by atoms with Crippen LogP contribution in [0.4, 0.5) is 0 Å². The Morgan fingerprint density at radius 1 is 1.32 bits per heavy atom. The Kier molecular flexibility index (Phi) is 5.75. The second-order valence-corrected chi connectivity index (χ2v) is 7.73. The first-order chi connectivity index (χ1) is 9.16. The summed E-state index contributed by atoms with van der Waals surface area (Å²) in [6.45, 7) is 1.37. The number of nitrogens with zero attached hydrogens (tertiary/aromatic N) is 1. The maximum atomic E-state index is 11.7. The van der Waals surface area contributed by atoms with E-state index in [1.807, 2.05) is 5.38 Å². The van der Waals surface area contributed by atoms with Crippen LogP contribution in [0.1, 0.15) is 30.7 Å². The summed E-state index contributed by atoms with van der Waals surface area (Å²) in [4.78, 5) is 4.12. The zero-order valence-electron chi connectivity index (χ0n) is 11.0. The van der Waals surface area contributed by atoms with Crippen LogP contribution in [0, 0.1) is 0 Å². The number of hydrogen-bond donors (Lipinski definition) is 2. The molecule has 108 valence electrons. The first-order valence-corrected chi connectivity index (χ1v) is 9.28. The molecule has 0 aromatic carbocycles. The first kappa shape index (κ1) is 14.9. The molecule has 0 unspecified atom stereocenters. The van der Waals surface area contributed by atoms with Gasteiger partial charge >= 0.3 is 0 Å². The van der Waals surface area contributed by atoms with Crippen molar-refractivity contribution in [3.05, 3.63) is 16.6 Å². The summed E-state index contributed by atoms with van der Waals surface area (Å²) in [5, 5.41) is 6.25. The van der Waals surface area contributed by atoms with Gasteiger partial charge in [-0.3, -0.25) is 0 Å². The molecule has 0 radical (unpaired) electrons. The molecule has 5 nitrogen and oxygen atoms in total. The fraction of sp³-hybridized carbons (Fsp3) is 0.750. The van der Waals surface area contributed by atoms with Gasteiger partial charge in [0.15, 0.2) is 0 Å². The minimum atomic E-state index is -3.12. The van der Waals surface area contributed by atoms with Gasteiger partial charge in [0, 0.05) is 30.6 Å². The van der Waals surface area contributed by atoms with Gasteiger partial charge in [0.25, 0.3) is 0 Å². The number of rotatable bonds is 10. The summed E-state index contributed by atoms with van der Waals surface area (Å²) in [5.74, 6) is 0.219. The predicted molar refractivity (Wildman–Crippen MR) is 77.9 cm³/mol. The maximum Gasteiger partial charge on any atom is 0.211 e. The Hall–Kier alpha value is -0.500. The largest absolute Gasteiger partial charge is 0.314 e. The molecule has 0 bridgehead atoms. The fourth-order valence-electron chi connectivity index (χ4n) is 1.77. The van der Waals surface area contributed by atoms with E-state index < -0.39 is 10.0 Å². The van der Waals surface area contributed by atoms with E-state index in [-0.39, 0.29) is 5.75 Å². The normalized spacial score (nSPS) is 15.8. The van der Waals surface area contributed by atoms with Gasteiger partial charge in [-0.05, 0) is 32.2 Å². The minimum absolute atomic E-state index is 0.219. The summed E-state index contributed by atoms with van der Waals surface area (Å²) in [7, 11) is -3.12. The van der Waals surface area contributed by atoms with Crippen LogP contribution in [-0.4, -0.2) is 38.3 Å². The maximum absolute atomic E-state index is 11.7. The summed E-state index contributed by atoms with van der Waals surface area (Å²) >= 11 is 1.55. The summed E-state index contributed by atoms with van der Waals surface area (Å²) in [5.41, 5.74) is 0. The van der Waals surface area contributed by atoms with Crippen molar-refractivity contribution in [3.8, 4) is 0 Å². The molecule has 19 heavy (non-hydrogen) atoms. The van der Waals surface area contributed by atoms with E-state index in [4.69, 9.17) is 0 Å². The first-order valence-electron chi connectivity index (χ1n) is 6.75. The summed E-state index contributed by atoms with van der Waals surface area (Å²) in [6, 6.07) is 0.702. The number of nitrogens with one attached hydrogen (secondary N) is 2. The van der Waals surface area contributed by atoms with Crippen LogP contribution in [0.3, 0.4) is 0 Å². The molecule has 0 amide bonds. The van der Waals surface area contributed by atoms with Crippen molar-refractivity contribution < 1.29 is 8.42 Å². The SMILES string of the molecule is O=S(=O)(CCCCNC1CC1)NCCc1nccs1. The molecule has 1 fully saturated rings. The molecule has 7 heteroatoms. The highest BCUT2D eigenvalue weighted by Gasteiger charge is 2.19. The van der Waals surface area contributed by atoms with E-state index in [0.29, 0.717) is 25.4 Å². The smallest absolute Gasteiger partial charge is 0.211 e. The molecule has 1 saturated carbocycles. The average molecular weight is 303 g/mol. The van der Waals surface area contributed by atoms with Gasteiger partial charge in [-0.15, -0.1) is 11.3 Å². The third-order valence-electron chi connectivity index (χ3n) is 2.99. The molecule has 0 spiro atoms. The highest BCUT2D eigenvalue weighted by molar-refractivity contribution is 7.89. The minimum Gasteiger partial charge on any atom is -0.314 e. The Labute approximate surface area is 118 Å². The Morgan fingerprint density at radius 2 is 2.16 bits per heavy atom. The molecule has 2 N–H and O–H groups in total. The van der Waals surface area contributed by atoms with Crippen LogP contribution in [0.2, 0.25) is 0 Å². The molecule has 0 aliphatic heterocycles. The lowest BCUT2D eigenvalue weighted by Gasteiger charge is -2.06. The van der Waals surface area contributed by atoms with E-state index in [0.717, 1.165) is 18.0 Å². The summed E-state index contributed by atoms with van der Waals surface area (Å²) < 4.78 is 26.1. The lowest BCUT2D eigenvalue weighted by molar-refractivity contribution is 0.573. The molecule has 2 rings (SSSR count). The number of unbranched alkanes of at least 4 members (excludes halogenated alkanes) is 1. The van der Waals surface area contributed by atoms with Crippen LogP contribution in [0.15, 0.2) is 11.6 Å². The van der Waals surface area contributed by atoms with Gasteiger partial charge in [0.2, 0.25) is 10.0 Å². The third kappa shape index (κ3) is 6.47. The molecule has 1 aliphatic rings. The van der Waals surface area contributed by atoms with E-state index in [9.17, 15) is 8.42 Å². The van der Waals surface area contributed by atoms with Gasteiger partial charge in [0.05, 0.1) is 10.8 Å². The zero-order chi connectivity index (χ0) is 13.6. The third-order valence-corrected chi connectivity index (χ3v) is 5.30. The van der Waals surface area contributed by atoms with Crippen molar-refractivity contribution in [2.24, 2.45) is 0 Å². The molecule has 1 heterocycles. The number of sulfonamides is 1. The van der Waals surface area contributed by atoms with Gasteiger partial charge in [-0.1, -0.05) is 0 Å². The number of hydrogen-bond acceptors (Lipinski definition) is 5. The van der Waals surface area contributed by atoms with E-state index in [1.54, 1.807) is 17.5 Å². The van der Waals surface area contributed by atoms with Crippen LogP contribution < -0.4 is 10.0 Å². The zero-order valence-corrected chi connectivity index (χ0v) is 12.6. The molecular formula is C12H21N3O2S2. The van der Waals surface area contributed by atoms with Crippen molar-refractivity contribution in [1.29, 1.82) is 0 Å². The molecular weight excluding hydrogens is 282 g/mol. The topological polar surface area (TPSA) is 71.1 Å². The lowest BCUT2D eigenvalue weighted by Crippen LogP contribution is -2.29. The van der Waals surface area contributed by atoms with Crippen molar-refractivity contribution in [2.75, 3.05) is 18.8 Å². The van der Waals surface area contributed by atoms with Crippen molar-refractivity contribution in [3.63, 3.8) is 0 Å². The second kappa shape index (κ2) is 7.33. The van der Waals surface area contributed by atoms with Crippen LogP contribution in [0.5, 0.6) is 0 Å². The monoisotopic (exact) mass is 303 g/mol. The van der Waals surface area contributed by atoms with Crippen molar-refractivity contribution in [2.45, 2.75) is 38.1 Å². The van der Waals surface area contributed by atoms with Gasteiger partial charge in [0.1, 0.15) is 0 Å². The van der Waals surface area contributed by atoms with Gasteiger partial charge in [-0.25, -0.2) is 18.1 Å². The van der Waals surface area contributed by atoms with E-state index in [2.05, 4.69) is 15.0 Å². The average Bonchev–Trinajstić information content (AvgIpc) is 3.04. The Balaban J connectivity index is 1.53. The van der Waals surface area contributed by atoms with Gasteiger partial charge in [-0.2, -0.15) is 0 Å². The molecule has 1 aliphatic carbocycles. The molecule has 1 aromatic rings. The number of aromatic nitrogens is 1. The lowest BCUT2D eigenvalue weighted by atomic mass is 10.3. The van der Waals surface area contributed by atoms with Crippen LogP contribution >= 0.6 is 11.3 Å². The molecule has 0 saturated heterocycles. The molecule has 0 atom stereocenters. The van der Waals surface area contributed by atoms with Crippen molar-refractivity contribution in [1.82, 2.24) is 15.0 Å². The van der Waals surface area contributed by atoms with E-state index >= 15 is 0 Å². The Morgan fingerprint density at radius 3 is 2.84 bits per heavy atom. The number of thiazole rings is 1. The second-order valence-electron chi connectivity index (χ2n) is 4.82. The van der Waals surface area contributed by atoms with Crippen LogP contribution in [0.25, 0.3) is 0 Å². The quantitative estimate of drug-likeness (QED) is 0.636. The standard InChI is InChI=1S/C12H21N3O2S2/c16-19(17,10-2-1-6-13-11-3-4-11)15-7-5-12-14-8-9-18-12/h8-9,11,13,15H,1-7,10H2. The highest BCUT2D eigenvalue weighted by atomic mass is 32.2. The van der Waals surface area contributed by atoms with E-state index in [1.165, 1.54) is 12.8 Å². The predicted octanol–water partition coefficient (Wildman–Crippen LogP) is 1.14. The van der Waals surface area contributed by atoms with Gasteiger partial charge < -0.3 is 5.32 Å². The molecule has 1 aromatic heterocycles. The highest BCUT2D eigenvalue weighted by Crippen LogP contribution is 2.18. The van der Waals surface area contributed by atoms with Crippen LogP contribution in [-0.2, 0) is 16.4 Å². The Bertz CT molecular complexity index is 455. The fourth-order valence-corrected chi connectivity index (χ4v) is 3.53.